The molecular formula is C18H18Br2N2. The Balaban J connectivity index is 2.13. The number of hydrogen-bond acceptors (Lipinski definition) is 2. The molecule has 0 amide bonds. The molecule has 1 unspecified atom stereocenters. The topological polar surface area (TPSA) is 15.6 Å². The maximum absolute atomic E-state index is 4.82. The van der Waals surface area contributed by atoms with Crippen LogP contribution < -0.4 is 0 Å². The minimum atomic E-state index is 0.305. The van der Waals surface area contributed by atoms with E-state index in [1.165, 1.54) is 16.7 Å². The molecule has 1 heterocycles. The van der Waals surface area contributed by atoms with Crippen molar-refractivity contribution < 1.29 is 0 Å². The van der Waals surface area contributed by atoms with Gasteiger partial charge in [-0.25, -0.2) is 4.99 Å². The van der Waals surface area contributed by atoms with E-state index in [2.05, 4.69) is 94.1 Å². The summed E-state index contributed by atoms with van der Waals surface area (Å²) >= 11 is 7.19. The second-order valence-corrected chi connectivity index (χ2v) is 7.45. The molecule has 2 aromatic rings. The highest BCUT2D eigenvalue weighted by molar-refractivity contribution is 9.13. The zero-order chi connectivity index (χ0) is 15.9. The second-order valence-electron chi connectivity index (χ2n) is 5.74. The number of hydrogen-bond donors (Lipinski definition) is 0. The number of aliphatic imine (C=N–C) groups is 1. The van der Waals surface area contributed by atoms with Gasteiger partial charge in [-0.05, 0) is 81.0 Å². The first-order valence-electron chi connectivity index (χ1n) is 7.29. The second kappa shape index (κ2) is 6.17. The minimum absolute atomic E-state index is 0.305. The van der Waals surface area contributed by atoms with Gasteiger partial charge in [0.2, 0.25) is 0 Å². The van der Waals surface area contributed by atoms with Crippen molar-refractivity contribution in [1.29, 1.82) is 0 Å². The molecule has 0 saturated heterocycles. The Morgan fingerprint density at radius 3 is 2.50 bits per heavy atom. The normalized spacial score (nSPS) is 17.8. The summed E-state index contributed by atoms with van der Waals surface area (Å²) in [5, 5.41) is 0. The maximum atomic E-state index is 4.82. The molecule has 0 radical (unpaired) electrons. The quantitative estimate of drug-likeness (QED) is 0.568. The highest BCUT2D eigenvalue weighted by atomic mass is 79.9. The molecule has 1 aliphatic rings. The van der Waals surface area contributed by atoms with Crippen LogP contribution in [-0.4, -0.2) is 17.8 Å². The van der Waals surface area contributed by atoms with Crippen molar-refractivity contribution in [2.24, 2.45) is 4.99 Å². The molecule has 0 bridgehead atoms. The van der Waals surface area contributed by atoms with E-state index in [4.69, 9.17) is 4.99 Å². The van der Waals surface area contributed by atoms with Crippen LogP contribution in [0.5, 0.6) is 0 Å². The number of halogens is 2. The molecule has 114 valence electrons. The van der Waals surface area contributed by atoms with E-state index in [9.17, 15) is 0 Å². The molecule has 0 saturated carbocycles. The summed E-state index contributed by atoms with van der Waals surface area (Å²) in [7, 11) is 2.13. The van der Waals surface area contributed by atoms with Gasteiger partial charge in [0, 0.05) is 16.0 Å². The van der Waals surface area contributed by atoms with Crippen molar-refractivity contribution in [2.75, 3.05) is 7.05 Å². The highest BCUT2D eigenvalue weighted by Gasteiger charge is 2.25. The molecule has 4 heteroatoms. The third kappa shape index (κ3) is 2.86. The largest absolute Gasteiger partial charge is 0.356 e. The maximum Gasteiger partial charge on any atom is 0.102 e. The van der Waals surface area contributed by atoms with Gasteiger partial charge in [-0.2, -0.15) is 0 Å². The third-order valence-corrected chi connectivity index (χ3v) is 6.19. The van der Waals surface area contributed by atoms with Crippen LogP contribution in [0.4, 0.5) is 5.69 Å². The smallest absolute Gasteiger partial charge is 0.102 e. The van der Waals surface area contributed by atoms with Crippen molar-refractivity contribution in [3.63, 3.8) is 0 Å². The molecule has 22 heavy (non-hydrogen) atoms. The lowest BCUT2D eigenvalue weighted by atomic mass is 9.94. The van der Waals surface area contributed by atoms with E-state index in [1.54, 1.807) is 0 Å². The molecule has 2 aromatic carbocycles. The fourth-order valence-electron chi connectivity index (χ4n) is 2.95. The van der Waals surface area contributed by atoms with E-state index in [0.29, 0.717) is 6.04 Å². The third-order valence-electron chi connectivity index (χ3n) is 4.34. The monoisotopic (exact) mass is 420 g/mol. The van der Waals surface area contributed by atoms with E-state index < -0.39 is 0 Å². The van der Waals surface area contributed by atoms with Crippen LogP contribution in [0.1, 0.15) is 29.7 Å². The summed E-state index contributed by atoms with van der Waals surface area (Å²) < 4.78 is 2.12. The first-order valence-corrected chi connectivity index (χ1v) is 8.87. The van der Waals surface area contributed by atoms with Gasteiger partial charge in [-0.15, -0.1) is 0 Å². The zero-order valence-corrected chi connectivity index (χ0v) is 16.1. The number of aryl methyl sites for hydroxylation is 1. The molecule has 2 nitrogen and oxygen atoms in total. The van der Waals surface area contributed by atoms with Crippen molar-refractivity contribution in [2.45, 2.75) is 26.3 Å². The molecule has 0 fully saturated rings. The summed E-state index contributed by atoms with van der Waals surface area (Å²) in [6, 6.07) is 13.2. The Kier molecular flexibility index (Phi) is 4.42. The summed E-state index contributed by atoms with van der Waals surface area (Å²) in [6.45, 7) is 4.26. The van der Waals surface area contributed by atoms with Crippen LogP contribution in [0.2, 0.25) is 0 Å². The van der Waals surface area contributed by atoms with Gasteiger partial charge < -0.3 is 4.90 Å². The summed E-state index contributed by atoms with van der Waals surface area (Å²) in [6.07, 6.45) is 0.948. The summed E-state index contributed by atoms with van der Waals surface area (Å²) in [5.74, 6) is 1.04. The Hall–Kier alpha value is -1.13. The molecule has 0 aromatic heterocycles. The van der Waals surface area contributed by atoms with Gasteiger partial charge in [0.1, 0.15) is 5.84 Å². The van der Waals surface area contributed by atoms with Crippen LogP contribution in [0.25, 0.3) is 0 Å². The van der Waals surface area contributed by atoms with Gasteiger partial charge in [0.05, 0.1) is 11.7 Å². The van der Waals surface area contributed by atoms with Crippen molar-refractivity contribution >= 4 is 43.4 Å². The standard InChI is InChI=1S/C18H18Br2N2/c1-11-6-4-5-7-14(11)18-9-13-8-15(19)16(20)10-17(13)21-12(2)22(18)3/h4-8,10,18H,9H2,1-3H3. The number of likely N-dealkylation sites (N-methyl/N-ethyl adjacent to an activating group) is 1. The lowest BCUT2D eigenvalue weighted by Crippen LogP contribution is -2.30. The zero-order valence-electron chi connectivity index (χ0n) is 12.9. The molecule has 0 spiro atoms. The van der Waals surface area contributed by atoms with Crippen LogP contribution in [0.3, 0.4) is 0 Å². The number of rotatable bonds is 1. The van der Waals surface area contributed by atoms with Crippen LogP contribution >= 0.6 is 31.9 Å². The Bertz CT molecular complexity index is 753. The van der Waals surface area contributed by atoms with E-state index in [1.807, 2.05) is 0 Å². The average molecular weight is 422 g/mol. The first-order chi connectivity index (χ1) is 10.5. The number of nitrogens with zero attached hydrogens (tertiary/aromatic N) is 2. The first kappa shape index (κ1) is 15.8. The molecule has 3 rings (SSSR count). The van der Waals surface area contributed by atoms with Gasteiger partial charge in [0.15, 0.2) is 0 Å². The predicted octanol–water partition coefficient (Wildman–Crippen LogP) is 5.80. The van der Waals surface area contributed by atoms with Gasteiger partial charge in [-0.3, -0.25) is 0 Å². The van der Waals surface area contributed by atoms with Crippen LogP contribution in [-0.2, 0) is 6.42 Å². The summed E-state index contributed by atoms with van der Waals surface area (Å²) in [5.41, 5.74) is 5.01. The molecular weight excluding hydrogens is 404 g/mol. The van der Waals surface area contributed by atoms with E-state index in [0.717, 1.165) is 26.9 Å². The number of fused-ring (bicyclic) bond motifs is 1. The Morgan fingerprint density at radius 1 is 1.09 bits per heavy atom. The fraction of sp³-hybridized carbons (Fsp3) is 0.278. The number of amidine groups is 1. The van der Waals surface area contributed by atoms with Crippen molar-refractivity contribution in [3.05, 3.63) is 62.0 Å². The lowest BCUT2D eigenvalue weighted by molar-refractivity contribution is 0.373. The lowest BCUT2D eigenvalue weighted by Gasteiger charge is -2.29. The van der Waals surface area contributed by atoms with E-state index >= 15 is 0 Å². The molecule has 1 atom stereocenters. The molecule has 1 aliphatic heterocycles. The number of benzene rings is 2. The molecule has 0 N–H and O–H groups in total. The fourth-order valence-corrected chi connectivity index (χ4v) is 3.67. The minimum Gasteiger partial charge on any atom is -0.356 e. The predicted molar refractivity (Wildman–Crippen MR) is 100.0 cm³/mol. The Morgan fingerprint density at radius 2 is 1.77 bits per heavy atom. The van der Waals surface area contributed by atoms with E-state index in [-0.39, 0.29) is 0 Å². The molecule has 0 aliphatic carbocycles. The SMILES string of the molecule is CC1=Nc2cc(Br)c(Br)cc2CC(c2ccccc2C)N1C. The average Bonchev–Trinajstić information content (AvgIpc) is 2.59. The highest BCUT2D eigenvalue weighted by Crippen LogP contribution is 2.38. The van der Waals surface area contributed by atoms with Gasteiger partial charge in [0.25, 0.3) is 0 Å². The summed E-state index contributed by atoms with van der Waals surface area (Å²) in [4.78, 5) is 7.10. The van der Waals surface area contributed by atoms with Gasteiger partial charge >= 0.3 is 0 Å². The van der Waals surface area contributed by atoms with Crippen LogP contribution in [0.15, 0.2) is 50.3 Å². The van der Waals surface area contributed by atoms with Crippen LogP contribution in [0, 0.1) is 6.92 Å². The van der Waals surface area contributed by atoms with Crippen molar-refractivity contribution in [1.82, 2.24) is 4.90 Å². The van der Waals surface area contributed by atoms with Gasteiger partial charge in [-0.1, -0.05) is 24.3 Å². The Labute approximate surface area is 148 Å². The van der Waals surface area contributed by atoms with Crippen molar-refractivity contribution in [3.8, 4) is 0 Å².